The van der Waals surface area contributed by atoms with E-state index in [0.717, 1.165) is 18.7 Å². The molecule has 8 heavy (non-hydrogen) atoms. The van der Waals surface area contributed by atoms with Crippen LogP contribution in [-0.2, 0) is 0 Å². The van der Waals surface area contributed by atoms with Gasteiger partial charge in [-0.25, -0.2) is 0 Å². The molecule has 1 N–H and O–H groups in total. The number of likely N-dealkylation sites (N-methyl/N-ethyl adjacent to an activating group) is 1. The van der Waals surface area contributed by atoms with Crippen molar-refractivity contribution >= 4 is 0 Å². The smallest absolute Gasteiger partial charge is 0.0886 e. The van der Waals surface area contributed by atoms with E-state index >= 15 is 0 Å². The van der Waals surface area contributed by atoms with Gasteiger partial charge in [0.05, 0.1) is 6.10 Å². The molecule has 0 saturated carbocycles. The summed E-state index contributed by atoms with van der Waals surface area (Å²) in [5.41, 5.74) is 0.938. The van der Waals surface area contributed by atoms with E-state index < -0.39 is 0 Å². The molecule has 1 fully saturated rings. The molecule has 1 rings (SSSR count). The van der Waals surface area contributed by atoms with Crippen LogP contribution < -0.4 is 0 Å². The third-order valence-electron chi connectivity index (χ3n) is 1.43. The third kappa shape index (κ3) is 0.904. The molecule has 0 aromatic carbocycles. The maximum absolute atomic E-state index is 9.03. The van der Waals surface area contributed by atoms with E-state index in [0.29, 0.717) is 0 Å². The molecule has 46 valence electrons. The second-order valence-electron chi connectivity index (χ2n) is 2.37. The zero-order chi connectivity index (χ0) is 6.15. The monoisotopic (exact) mass is 113 g/mol. The molecule has 1 aliphatic rings. The highest BCUT2D eigenvalue weighted by atomic mass is 16.3. The Kier molecular flexibility index (Phi) is 1.36. The van der Waals surface area contributed by atoms with Crippen molar-refractivity contribution in [1.29, 1.82) is 0 Å². The van der Waals surface area contributed by atoms with Crippen molar-refractivity contribution in [1.82, 2.24) is 4.90 Å². The number of likely N-dealkylation sites (tertiary alicyclic amines) is 1. The Morgan fingerprint density at radius 1 is 1.88 bits per heavy atom. The van der Waals surface area contributed by atoms with Gasteiger partial charge < -0.3 is 5.11 Å². The standard InChI is InChI=1S/C6H11NO/c1-5-3-7(2)4-6(5)8/h6,8H,1,3-4H2,2H3. The fraction of sp³-hybridized carbons (Fsp3) is 0.667. The molecule has 0 bridgehead atoms. The number of nitrogens with zero attached hydrogens (tertiary/aromatic N) is 1. The van der Waals surface area contributed by atoms with Gasteiger partial charge in [-0.15, -0.1) is 0 Å². The molecule has 0 amide bonds. The van der Waals surface area contributed by atoms with Crippen LogP contribution in [-0.4, -0.2) is 36.2 Å². The Labute approximate surface area is 49.4 Å². The van der Waals surface area contributed by atoms with Gasteiger partial charge in [-0.1, -0.05) is 6.58 Å². The number of hydrogen-bond donors (Lipinski definition) is 1. The molecule has 0 radical (unpaired) electrons. The van der Waals surface area contributed by atoms with E-state index in [1.807, 2.05) is 11.9 Å². The Balaban J connectivity index is 2.51. The summed E-state index contributed by atoms with van der Waals surface area (Å²) in [6, 6.07) is 0. The molecule has 1 unspecified atom stereocenters. The van der Waals surface area contributed by atoms with Crippen LogP contribution in [0.15, 0.2) is 12.2 Å². The molecule has 1 aliphatic heterocycles. The molecule has 0 aromatic rings. The predicted octanol–water partition coefficient (Wildman–Crippen LogP) is -0.151. The molecule has 1 saturated heterocycles. The summed E-state index contributed by atoms with van der Waals surface area (Å²) >= 11 is 0. The van der Waals surface area contributed by atoms with E-state index in [1.165, 1.54) is 0 Å². The van der Waals surface area contributed by atoms with Crippen molar-refractivity contribution in [2.75, 3.05) is 20.1 Å². The summed E-state index contributed by atoms with van der Waals surface area (Å²) < 4.78 is 0. The highest BCUT2D eigenvalue weighted by Gasteiger charge is 2.19. The third-order valence-corrected chi connectivity index (χ3v) is 1.43. The van der Waals surface area contributed by atoms with E-state index in [-0.39, 0.29) is 6.10 Å². The van der Waals surface area contributed by atoms with Crippen LogP contribution in [0.5, 0.6) is 0 Å². The van der Waals surface area contributed by atoms with Crippen LogP contribution in [0.1, 0.15) is 0 Å². The van der Waals surface area contributed by atoms with Crippen LogP contribution in [0.4, 0.5) is 0 Å². The summed E-state index contributed by atoms with van der Waals surface area (Å²) in [4.78, 5) is 2.05. The van der Waals surface area contributed by atoms with Crippen molar-refractivity contribution in [2.24, 2.45) is 0 Å². The maximum atomic E-state index is 9.03. The minimum absolute atomic E-state index is 0.278. The summed E-state index contributed by atoms with van der Waals surface area (Å²) in [6.45, 7) is 5.29. The highest BCUT2D eigenvalue weighted by Crippen LogP contribution is 2.10. The summed E-state index contributed by atoms with van der Waals surface area (Å²) in [6.07, 6.45) is -0.278. The lowest BCUT2D eigenvalue weighted by molar-refractivity contribution is 0.206. The van der Waals surface area contributed by atoms with E-state index in [9.17, 15) is 0 Å². The first-order chi connectivity index (χ1) is 3.70. The van der Waals surface area contributed by atoms with Gasteiger partial charge in [-0.3, -0.25) is 4.90 Å². The fourth-order valence-corrected chi connectivity index (χ4v) is 0.941. The quantitative estimate of drug-likeness (QED) is 0.441. The highest BCUT2D eigenvalue weighted by molar-refractivity contribution is 5.10. The number of aliphatic hydroxyl groups is 1. The zero-order valence-corrected chi connectivity index (χ0v) is 5.09. The Morgan fingerprint density at radius 3 is 2.62 bits per heavy atom. The summed E-state index contributed by atoms with van der Waals surface area (Å²) in [7, 11) is 1.97. The van der Waals surface area contributed by atoms with Gasteiger partial charge in [0.1, 0.15) is 0 Å². The van der Waals surface area contributed by atoms with Gasteiger partial charge >= 0.3 is 0 Å². The van der Waals surface area contributed by atoms with Crippen molar-refractivity contribution in [3.63, 3.8) is 0 Å². The van der Waals surface area contributed by atoms with Gasteiger partial charge in [0, 0.05) is 13.1 Å². The van der Waals surface area contributed by atoms with Crippen LogP contribution in [0.2, 0.25) is 0 Å². The molecule has 1 heterocycles. The average Bonchev–Trinajstić information content (AvgIpc) is 1.85. The second kappa shape index (κ2) is 1.88. The molecule has 0 aromatic heterocycles. The predicted molar refractivity (Wildman–Crippen MR) is 32.6 cm³/mol. The lowest BCUT2D eigenvalue weighted by Gasteiger charge is -2.02. The van der Waals surface area contributed by atoms with Crippen LogP contribution >= 0.6 is 0 Å². The fourth-order valence-electron chi connectivity index (χ4n) is 0.941. The SMILES string of the molecule is C=C1CN(C)CC1O. The van der Waals surface area contributed by atoms with Gasteiger partial charge in [0.25, 0.3) is 0 Å². The largest absolute Gasteiger partial charge is 0.387 e. The number of rotatable bonds is 0. The minimum Gasteiger partial charge on any atom is -0.387 e. The van der Waals surface area contributed by atoms with Crippen LogP contribution in [0.3, 0.4) is 0 Å². The molecule has 0 spiro atoms. The van der Waals surface area contributed by atoms with Crippen molar-refractivity contribution in [3.8, 4) is 0 Å². The van der Waals surface area contributed by atoms with Crippen molar-refractivity contribution in [3.05, 3.63) is 12.2 Å². The van der Waals surface area contributed by atoms with Crippen LogP contribution in [0.25, 0.3) is 0 Å². The first-order valence-electron chi connectivity index (χ1n) is 2.74. The Hall–Kier alpha value is -0.340. The van der Waals surface area contributed by atoms with Gasteiger partial charge in [-0.05, 0) is 12.6 Å². The molecular weight excluding hydrogens is 102 g/mol. The Bertz CT molecular complexity index is 111. The van der Waals surface area contributed by atoms with Gasteiger partial charge in [0.15, 0.2) is 0 Å². The van der Waals surface area contributed by atoms with Crippen LogP contribution in [0, 0.1) is 0 Å². The first-order valence-corrected chi connectivity index (χ1v) is 2.74. The zero-order valence-electron chi connectivity index (χ0n) is 5.09. The maximum Gasteiger partial charge on any atom is 0.0886 e. The first kappa shape index (κ1) is 5.79. The lowest BCUT2D eigenvalue weighted by Crippen LogP contribution is -2.15. The van der Waals surface area contributed by atoms with E-state index in [4.69, 9.17) is 5.11 Å². The molecule has 0 aliphatic carbocycles. The molecule has 2 nitrogen and oxygen atoms in total. The average molecular weight is 113 g/mol. The molecular formula is C6H11NO. The molecule has 1 atom stereocenters. The van der Waals surface area contributed by atoms with Gasteiger partial charge in [0.2, 0.25) is 0 Å². The summed E-state index contributed by atoms with van der Waals surface area (Å²) in [5.74, 6) is 0. The lowest BCUT2D eigenvalue weighted by atomic mass is 10.2. The molecule has 2 heteroatoms. The Morgan fingerprint density at radius 2 is 2.50 bits per heavy atom. The normalized spacial score (nSPS) is 31.8. The number of hydrogen-bond acceptors (Lipinski definition) is 2. The van der Waals surface area contributed by atoms with Crippen molar-refractivity contribution < 1.29 is 5.11 Å². The van der Waals surface area contributed by atoms with E-state index in [1.54, 1.807) is 0 Å². The topological polar surface area (TPSA) is 23.5 Å². The number of β-amino-alcohol motifs (C(OH)–C–C–N with tert-alkyl or cyclic N) is 1. The van der Waals surface area contributed by atoms with Gasteiger partial charge in [-0.2, -0.15) is 0 Å². The number of aliphatic hydroxyl groups excluding tert-OH is 1. The minimum atomic E-state index is -0.278. The summed E-state index contributed by atoms with van der Waals surface area (Å²) in [5, 5.41) is 9.03. The van der Waals surface area contributed by atoms with E-state index in [2.05, 4.69) is 6.58 Å². The van der Waals surface area contributed by atoms with Crippen molar-refractivity contribution in [2.45, 2.75) is 6.10 Å². The second-order valence-corrected chi connectivity index (χ2v) is 2.37.